The number of urea groups is 1. The van der Waals surface area contributed by atoms with Crippen LogP contribution in [0, 0.1) is 0 Å². The van der Waals surface area contributed by atoms with E-state index in [1.165, 1.54) is 0 Å². The van der Waals surface area contributed by atoms with Crippen LogP contribution in [-0.2, 0) is 4.74 Å². The van der Waals surface area contributed by atoms with Gasteiger partial charge in [0.1, 0.15) is 0 Å². The Morgan fingerprint density at radius 1 is 1.41 bits per heavy atom. The fraction of sp³-hybridized carbons (Fsp3) is 0.923. The average Bonchev–Trinajstić information content (AvgIpc) is 2.24. The molecular formula is C13H28N2O2. The number of hydrogen-bond donors (Lipinski definition) is 0. The Balaban J connectivity index is 0.00000256. The lowest BCUT2D eigenvalue weighted by Crippen LogP contribution is -2.53. The van der Waals surface area contributed by atoms with Crippen LogP contribution in [0.1, 0.15) is 41.5 Å². The van der Waals surface area contributed by atoms with Crippen LogP contribution in [0.25, 0.3) is 0 Å². The Labute approximate surface area is 106 Å². The molecule has 0 radical (unpaired) electrons. The molecule has 102 valence electrons. The number of hydrogen-bond acceptors (Lipinski definition) is 2. The third-order valence-electron chi connectivity index (χ3n) is 3.24. The maximum Gasteiger partial charge on any atom is 0.320 e. The molecule has 1 rings (SSSR count). The molecule has 1 heterocycles. The van der Waals surface area contributed by atoms with E-state index in [2.05, 4.69) is 13.8 Å². The summed E-state index contributed by atoms with van der Waals surface area (Å²) in [4.78, 5) is 15.9. The molecule has 0 spiro atoms. The minimum atomic E-state index is 0. The van der Waals surface area contributed by atoms with E-state index in [9.17, 15) is 4.79 Å². The van der Waals surface area contributed by atoms with Gasteiger partial charge in [-0.2, -0.15) is 0 Å². The lowest BCUT2D eigenvalue weighted by atomic mass is 10.2. The SMILES string of the molecule is C.CCC(C)N(C)C(=O)N1CC(C)OC(C)C1. The summed E-state index contributed by atoms with van der Waals surface area (Å²) in [6, 6.07) is 0.414. The van der Waals surface area contributed by atoms with Crippen LogP contribution < -0.4 is 0 Å². The zero-order chi connectivity index (χ0) is 12.3. The van der Waals surface area contributed by atoms with E-state index >= 15 is 0 Å². The molecule has 4 heteroatoms. The van der Waals surface area contributed by atoms with Gasteiger partial charge in [-0.1, -0.05) is 14.4 Å². The van der Waals surface area contributed by atoms with Crippen molar-refractivity contribution in [3.8, 4) is 0 Å². The molecule has 0 N–H and O–H groups in total. The fourth-order valence-electron chi connectivity index (χ4n) is 2.02. The molecule has 0 aromatic carbocycles. The molecule has 3 atom stereocenters. The molecule has 0 aliphatic carbocycles. The molecule has 17 heavy (non-hydrogen) atoms. The number of morpholine rings is 1. The fourth-order valence-corrected chi connectivity index (χ4v) is 2.02. The third-order valence-corrected chi connectivity index (χ3v) is 3.24. The molecule has 4 nitrogen and oxygen atoms in total. The topological polar surface area (TPSA) is 32.8 Å². The lowest BCUT2D eigenvalue weighted by molar-refractivity contribution is -0.0584. The first-order valence-corrected chi connectivity index (χ1v) is 6.12. The first kappa shape index (κ1) is 16.2. The first-order chi connectivity index (χ1) is 7.45. The van der Waals surface area contributed by atoms with Crippen molar-refractivity contribution in [3.63, 3.8) is 0 Å². The number of nitrogens with zero attached hydrogens (tertiary/aromatic N) is 2. The quantitative estimate of drug-likeness (QED) is 0.748. The summed E-state index contributed by atoms with van der Waals surface area (Å²) in [5.74, 6) is 0. The molecule has 0 aromatic heterocycles. The van der Waals surface area contributed by atoms with Gasteiger partial charge < -0.3 is 14.5 Å². The number of carbonyl (C=O) groups is 1. The molecule has 2 amide bonds. The van der Waals surface area contributed by atoms with Gasteiger partial charge in [0.2, 0.25) is 0 Å². The van der Waals surface area contributed by atoms with E-state index in [1.807, 2.05) is 30.7 Å². The van der Waals surface area contributed by atoms with Crippen molar-refractivity contribution in [1.29, 1.82) is 0 Å². The van der Waals surface area contributed by atoms with E-state index in [4.69, 9.17) is 4.74 Å². The Kier molecular flexibility index (Phi) is 6.53. The smallest absolute Gasteiger partial charge is 0.320 e. The van der Waals surface area contributed by atoms with Gasteiger partial charge in [-0.05, 0) is 27.2 Å². The molecule has 1 aliphatic heterocycles. The van der Waals surface area contributed by atoms with Gasteiger partial charge in [0, 0.05) is 26.2 Å². The highest BCUT2D eigenvalue weighted by Crippen LogP contribution is 2.13. The van der Waals surface area contributed by atoms with Crippen LogP contribution in [-0.4, -0.2) is 54.2 Å². The Bertz CT molecular complexity index is 236. The van der Waals surface area contributed by atoms with Gasteiger partial charge in [-0.15, -0.1) is 0 Å². The van der Waals surface area contributed by atoms with Crippen LogP contribution in [0.4, 0.5) is 4.79 Å². The van der Waals surface area contributed by atoms with Crippen LogP contribution >= 0.6 is 0 Å². The molecular weight excluding hydrogens is 216 g/mol. The average molecular weight is 244 g/mol. The largest absolute Gasteiger partial charge is 0.372 e. The highest BCUT2D eigenvalue weighted by Gasteiger charge is 2.28. The Hall–Kier alpha value is -0.770. The molecule has 3 unspecified atom stereocenters. The molecule has 0 saturated carbocycles. The predicted octanol–water partition coefficient (Wildman–Crippen LogP) is 2.58. The molecule has 0 bridgehead atoms. The minimum Gasteiger partial charge on any atom is -0.372 e. The Morgan fingerprint density at radius 3 is 2.29 bits per heavy atom. The van der Waals surface area contributed by atoms with Crippen LogP contribution in [0.3, 0.4) is 0 Å². The highest BCUT2D eigenvalue weighted by atomic mass is 16.5. The molecule has 1 aliphatic rings. The maximum atomic E-state index is 12.2. The van der Waals surface area contributed by atoms with Gasteiger partial charge >= 0.3 is 6.03 Å². The zero-order valence-electron chi connectivity index (χ0n) is 11.1. The van der Waals surface area contributed by atoms with Gasteiger partial charge in [-0.3, -0.25) is 0 Å². The van der Waals surface area contributed by atoms with E-state index in [0.717, 1.165) is 6.42 Å². The van der Waals surface area contributed by atoms with Crippen molar-refractivity contribution in [1.82, 2.24) is 9.80 Å². The lowest BCUT2D eigenvalue weighted by Gasteiger charge is -2.38. The predicted molar refractivity (Wildman–Crippen MR) is 71.2 cm³/mol. The minimum absolute atomic E-state index is 0. The monoisotopic (exact) mass is 244 g/mol. The maximum absolute atomic E-state index is 12.2. The number of carbonyl (C=O) groups excluding carboxylic acids is 1. The summed E-state index contributed by atoms with van der Waals surface area (Å²) in [5, 5.41) is 0. The summed E-state index contributed by atoms with van der Waals surface area (Å²) in [5.41, 5.74) is 0. The molecule has 1 saturated heterocycles. The Morgan fingerprint density at radius 2 is 1.88 bits per heavy atom. The van der Waals surface area contributed by atoms with Crippen LogP contribution in [0.5, 0.6) is 0 Å². The van der Waals surface area contributed by atoms with Crippen LogP contribution in [0.15, 0.2) is 0 Å². The van der Waals surface area contributed by atoms with Crippen molar-refractivity contribution >= 4 is 6.03 Å². The van der Waals surface area contributed by atoms with Gasteiger partial charge in [0.05, 0.1) is 12.2 Å². The summed E-state index contributed by atoms with van der Waals surface area (Å²) in [6.45, 7) is 9.59. The third kappa shape index (κ3) is 4.19. The van der Waals surface area contributed by atoms with Gasteiger partial charge in [-0.25, -0.2) is 4.79 Å². The van der Waals surface area contributed by atoms with Crippen molar-refractivity contribution in [2.45, 2.75) is 59.8 Å². The zero-order valence-corrected chi connectivity index (χ0v) is 11.1. The van der Waals surface area contributed by atoms with Crippen molar-refractivity contribution < 1.29 is 9.53 Å². The molecule has 0 aromatic rings. The highest BCUT2D eigenvalue weighted by molar-refractivity contribution is 5.74. The number of amides is 2. The van der Waals surface area contributed by atoms with Crippen LogP contribution in [0.2, 0.25) is 0 Å². The van der Waals surface area contributed by atoms with E-state index < -0.39 is 0 Å². The van der Waals surface area contributed by atoms with E-state index in [1.54, 1.807) is 0 Å². The van der Waals surface area contributed by atoms with E-state index in [-0.39, 0.29) is 25.7 Å². The number of rotatable bonds is 2. The van der Waals surface area contributed by atoms with E-state index in [0.29, 0.717) is 19.1 Å². The second-order valence-electron chi connectivity index (χ2n) is 4.81. The summed E-state index contributed by atoms with van der Waals surface area (Å²) in [6.07, 6.45) is 1.26. The van der Waals surface area contributed by atoms with Gasteiger partial charge in [0.15, 0.2) is 0 Å². The summed E-state index contributed by atoms with van der Waals surface area (Å²) >= 11 is 0. The summed E-state index contributed by atoms with van der Waals surface area (Å²) < 4.78 is 5.62. The van der Waals surface area contributed by atoms with Crippen molar-refractivity contribution in [3.05, 3.63) is 0 Å². The standard InChI is InChI=1S/C12H24N2O2.CH4/c1-6-9(2)13(5)12(15)14-7-10(3)16-11(4)8-14;/h9-11H,6-8H2,1-5H3;1H4. The second kappa shape index (κ2) is 6.84. The van der Waals surface area contributed by atoms with Crippen molar-refractivity contribution in [2.24, 2.45) is 0 Å². The van der Waals surface area contributed by atoms with Gasteiger partial charge in [0.25, 0.3) is 0 Å². The second-order valence-corrected chi connectivity index (χ2v) is 4.81. The first-order valence-electron chi connectivity index (χ1n) is 6.12. The normalized spacial score (nSPS) is 26.1. The molecule has 1 fully saturated rings. The summed E-state index contributed by atoms with van der Waals surface area (Å²) in [7, 11) is 1.88. The number of ether oxygens (including phenoxy) is 1. The van der Waals surface area contributed by atoms with Crippen molar-refractivity contribution in [2.75, 3.05) is 20.1 Å².